The molecule has 1 aromatic carbocycles. The normalized spacial score (nSPS) is 11.8. The van der Waals surface area contributed by atoms with Crippen molar-refractivity contribution in [3.05, 3.63) is 33.9 Å². The van der Waals surface area contributed by atoms with Gasteiger partial charge in [-0.15, -0.1) is 11.8 Å². The highest BCUT2D eigenvalue weighted by Crippen LogP contribution is 2.30. The topological polar surface area (TPSA) is 153 Å². The number of nitrogens with two attached hydrogens (primary N) is 1. The number of carboxylic acids is 1. The number of hydrogen-bond acceptors (Lipinski definition) is 6. The molecule has 0 saturated heterocycles. The number of benzene rings is 1. The molecule has 0 heterocycles. The zero-order chi connectivity index (χ0) is 19.9. The summed E-state index contributed by atoms with van der Waals surface area (Å²) in [7, 11) is 0. The van der Waals surface area contributed by atoms with Gasteiger partial charge in [0, 0.05) is 18.2 Å². The summed E-state index contributed by atoms with van der Waals surface area (Å²) in [5, 5.41) is 22.8. The van der Waals surface area contributed by atoms with E-state index >= 15 is 0 Å². The number of rotatable bonds is 10. The second-order valence-electron chi connectivity index (χ2n) is 6.06. The van der Waals surface area contributed by atoms with E-state index < -0.39 is 28.6 Å². The van der Waals surface area contributed by atoms with Gasteiger partial charge in [-0.05, 0) is 24.5 Å². The minimum absolute atomic E-state index is 0.00323. The fourth-order valence-electron chi connectivity index (χ4n) is 2.21. The molecule has 0 spiro atoms. The van der Waals surface area contributed by atoms with Crippen LogP contribution in [-0.4, -0.2) is 40.1 Å². The van der Waals surface area contributed by atoms with E-state index in [2.05, 4.69) is 5.32 Å². The van der Waals surface area contributed by atoms with Crippen molar-refractivity contribution in [1.82, 2.24) is 5.32 Å². The summed E-state index contributed by atoms with van der Waals surface area (Å²) in [5.74, 6) is -2.83. The van der Waals surface area contributed by atoms with Gasteiger partial charge in [-0.25, -0.2) is 0 Å². The molecule has 142 valence electrons. The molecule has 1 rings (SSSR count). The summed E-state index contributed by atoms with van der Waals surface area (Å²) >= 11 is 0.925. The van der Waals surface area contributed by atoms with Gasteiger partial charge < -0.3 is 16.2 Å². The van der Waals surface area contributed by atoms with Crippen molar-refractivity contribution in [2.24, 2.45) is 17.6 Å². The first-order valence-corrected chi connectivity index (χ1v) is 8.81. The standard InChI is InChI=1S/C16H21N3O6S/c1-9(2)5-11(16(22)23)7-18-14(20)8-26-13-4-3-10(15(17)21)6-12(13)19(24)25/h3-4,6,9,11H,5,7-8H2,1-2H3,(H2,17,21)(H,18,20)(H,22,23). The van der Waals surface area contributed by atoms with Crippen LogP contribution in [0.25, 0.3) is 0 Å². The lowest BCUT2D eigenvalue weighted by Crippen LogP contribution is -2.34. The van der Waals surface area contributed by atoms with Crippen LogP contribution in [-0.2, 0) is 9.59 Å². The Labute approximate surface area is 154 Å². The van der Waals surface area contributed by atoms with Crippen molar-refractivity contribution in [1.29, 1.82) is 0 Å². The molecule has 2 amide bonds. The second-order valence-corrected chi connectivity index (χ2v) is 7.08. The zero-order valence-electron chi connectivity index (χ0n) is 14.4. The summed E-state index contributed by atoms with van der Waals surface area (Å²) in [6.07, 6.45) is 0.433. The number of carboxylic acid groups (broad SMARTS) is 1. The van der Waals surface area contributed by atoms with Crippen molar-refractivity contribution >= 4 is 35.2 Å². The van der Waals surface area contributed by atoms with Crippen LogP contribution in [0.3, 0.4) is 0 Å². The first-order valence-electron chi connectivity index (χ1n) is 7.82. The number of amides is 2. The number of nitrogens with one attached hydrogen (secondary N) is 1. The van der Waals surface area contributed by atoms with E-state index in [1.165, 1.54) is 12.1 Å². The number of carbonyl (C=O) groups excluding carboxylic acids is 2. The van der Waals surface area contributed by atoms with E-state index in [1.54, 1.807) is 0 Å². The van der Waals surface area contributed by atoms with Gasteiger partial charge in [-0.2, -0.15) is 0 Å². The maximum Gasteiger partial charge on any atom is 0.308 e. The smallest absolute Gasteiger partial charge is 0.308 e. The SMILES string of the molecule is CC(C)CC(CNC(=O)CSc1ccc(C(N)=O)cc1[N+](=O)[O-])C(=O)O. The quantitative estimate of drug-likeness (QED) is 0.315. The van der Waals surface area contributed by atoms with Crippen molar-refractivity contribution in [2.75, 3.05) is 12.3 Å². The Bertz CT molecular complexity index is 707. The fourth-order valence-corrected chi connectivity index (χ4v) is 3.04. The van der Waals surface area contributed by atoms with Gasteiger partial charge in [0.2, 0.25) is 11.8 Å². The third-order valence-corrected chi connectivity index (χ3v) is 4.51. The summed E-state index contributed by atoms with van der Waals surface area (Å²) in [4.78, 5) is 44.9. The maximum absolute atomic E-state index is 11.9. The Kier molecular flexibility index (Phi) is 8.04. The average molecular weight is 383 g/mol. The number of nitrogens with zero attached hydrogens (tertiary/aromatic N) is 1. The molecule has 0 aliphatic carbocycles. The lowest BCUT2D eigenvalue weighted by Gasteiger charge is -2.15. The largest absolute Gasteiger partial charge is 0.481 e. The Morgan fingerprint density at radius 2 is 2.00 bits per heavy atom. The molecule has 0 fully saturated rings. The number of aliphatic carboxylic acids is 1. The highest BCUT2D eigenvalue weighted by Gasteiger charge is 2.21. The third-order valence-electron chi connectivity index (χ3n) is 3.45. The van der Waals surface area contributed by atoms with Crippen LogP contribution in [0.1, 0.15) is 30.6 Å². The van der Waals surface area contributed by atoms with Crippen LogP contribution in [0.5, 0.6) is 0 Å². The summed E-state index contributed by atoms with van der Waals surface area (Å²) < 4.78 is 0. The fraction of sp³-hybridized carbons (Fsp3) is 0.438. The summed E-state index contributed by atoms with van der Waals surface area (Å²) in [6, 6.07) is 3.76. The van der Waals surface area contributed by atoms with E-state index in [0.29, 0.717) is 6.42 Å². The van der Waals surface area contributed by atoms with Crippen LogP contribution >= 0.6 is 11.8 Å². The lowest BCUT2D eigenvalue weighted by atomic mass is 9.97. The maximum atomic E-state index is 11.9. The van der Waals surface area contributed by atoms with Gasteiger partial charge in [0.1, 0.15) is 0 Å². The van der Waals surface area contributed by atoms with E-state index in [-0.39, 0.29) is 34.4 Å². The molecule has 10 heteroatoms. The molecule has 0 bridgehead atoms. The molecule has 0 radical (unpaired) electrons. The number of nitro benzene ring substituents is 1. The Morgan fingerprint density at radius 1 is 1.35 bits per heavy atom. The first kappa shape index (κ1) is 21.4. The Balaban J connectivity index is 2.68. The predicted molar refractivity (Wildman–Crippen MR) is 95.9 cm³/mol. The first-order chi connectivity index (χ1) is 12.1. The molecule has 26 heavy (non-hydrogen) atoms. The minimum atomic E-state index is -0.982. The number of thioether (sulfide) groups is 1. The zero-order valence-corrected chi connectivity index (χ0v) is 15.2. The van der Waals surface area contributed by atoms with Gasteiger partial charge in [-0.3, -0.25) is 24.5 Å². The predicted octanol–water partition coefficient (Wildman–Crippen LogP) is 1.65. The van der Waals surface area contributed by atoms with Gasteiger partial charge in [-0.1, -0.05) is 13.8 Å². The molecular formula is C16H21N3O6S. The molecule has 0 aliphatic rings. The molecule has 0 saturated carbocycles. The second kappa shape index (κ2) is 9.76. The van der Waals surface area contributed by atoms with Crippen molar-refractivity contribution in [3.8, 4) is 0 Å². The highest BCUT2D eigenvalue weighted by atomic mass is 32.2. The average Bonchev–Trinajstić information content (AvgIpc) is 2.55. The minimum Gasteiger partial charge on any atom is -0.481 e. The lowest BCUT2D eigenvalue weighted by molar-refractivity contribution is -0.387. The van der Waals surface area contributed by atoms with Crippen LogP contribution < -0.4 is 11.1 Å². The molecule has 9 nitrogen and oxygen atoms in total. The van der Waals surface area contributed by atoms with Crippen LogP contribution in [0.4, 0.5) is 5.69 Å². The third kappa shape index (κ3) is 6.71. The van der Waals surface area contributed by atoms with Crippen LogP contribution in [0.15, 0.2) is 23.1 Å². The van der Waals surface area contributed by atoms with E-state index in [1.807, 2.05) is 13.8 Å². The van der Waals surface area contributed by atoms with Gasteiger partial charge >= 0.3 is 5.97 Å². The van der Waals surface area contributed by atoms with Gasteiger partial charge in [0.05, 0.1) is 21.5 Å². The molecule has 1 aromatic rings. The van der Waals surface area contributed by atoms with E-state index in [0.717, 1.165) is 17.8 Å². The number of primary amides is 1. The number of hydrogen-bond donors (Lipinski definition) is 3. The van der Waals surface area contributed by atoms with Gasteiger partial charge in [0.15, 0.2) is 0 Å². The number of nitro groups is 1. The summed E-state index contributed by atoms with van der Waals surface area (Å²) in [5.41, 5.74) is 4.79. The summed E-state index contributed by atoms with van der Waals surface area (Å²) in [6.45, 7) is 3.78. The van der Waals surface area contributed by atoms with Crippen LogP contribution in [0.2, 0.25) is 0 Å². The molecule has 0 aromatic heterocycles. The monoisotopic (exact) mass is 383 g/mol. The Hall–Kier alpha value is -2.62. The molecule has 1 unspecified atom stereocenters. The molecular weight excluding hydrogens is 362 g/mol. The molecule has 1 atom stereocenters. The molecule has 4 N–H and O–H groups in total. The van der Waals surface area contributed by atoms with E-state index in [4.69, 9.17) is 10.8 Å². The van der Waals surface area contributed by atoms with Gasteiger partial charge in [0.25, 0.3) is 5.69 Å². The number of carbonyl (C=O) groups is 3. The van der Waals surface area contributed by atoms with Crippen molar-refractivity contribution in [3.63, 3.8) is 0 Å². The highest BCUT2D eigenvalue weighted by molar-refractivity contribution is 8.00. The molecule has 0 aliphatic heterocycles. The van der Waals surface area contributed by atoms with E-state index in [9.17, 15) is 24.5 Å². The Morgan fingerprint density at radius 3 is 2.50 bits per heavy atom. The van der Waals surface area contributed by atoms with Crippen molar-refractivity contribution < 1.29 is 24.4 Å². The van der Waals surface area contributed by atoms with Crippen LogP contribution in [0, 0.1) is 22.0 Å². The van der Waals surface area contributed by atoms with Crippen molar-refractivity contribution in [2.45, 2.75) is 25.2 Å².